The first-order chi connectivity index (χ1) is 19.2. The molecule has 0 radical (unpaired) electrons. The van der Waals surface area contributed by atoms with Crippen molar-refractivity contribution in [3.8, 4) is 0 Å². The molecule has 14 nitrogen and oxygen atoms in total. The maximum atomic E-state index is 14.3. The first kappa shape index (κ1) is 36.6. The molecule has 0 aromatic rings. The summed E-state index contributed by atoms with van der Waals surface area (Å²) in [6.07, 6.45) is 0.234. The molecule has 1 aliphatic carbocycles. The molecule has 1 aliphatic rings. The van der Waals surface area contributed by atoms with Gasteiger partial charge in [0.15, 0.2) is 0 Å². The lowest BCUT2D eigenvalue weighted by Crippen LogP contribution is -2.60. The van der Waals surface area contributed by atoms with Gasteiger partial charge in [0.25, 0.3) is 0 Å². The number of guanidine groups is 1. The van der Waals surface area contributed by atoms with Gasteiger partial charge in [0, 0.05) is 31.6 Å². The largest absolute Gasteiger partial charge is 0.510 e. The Morgan fingerprint density at radius 3 is 1.68 bits per heavy atom. The summed E-state index contributed by atoms with van der Waals surface area (Å²) in [4.78, 5) is 42.2. The van der Waals surface area contributed by atoms with Crippen LogP contribution in [0.2, 0.25) is 0 Å². The smallest absolute Gasteiger partial charge is 0.434 e. The van der Waals surface area contributed by atoms with Crippen LogP contribution in [0.1, 0.15) is 93.4 Å². The third-order valence-corrected chi connectivity index (χ3v) is 7.50. The Balaban J connectivity index is 3.54. The highest BCUT2D eigenvalue weighted by atomic mass is 31.2. The number of hydrogen-bond acceptors (Lipinski definition) is 11. The Kier molecular flexibility index (Phi) is 15.7. The van der Waals surface area contributed by atoms with Crippen molar-refractivity contribution in [1.29, 1.82) is 0 Å². The van der Waals surface area contributed by atoms with Gasteiger partial charge in [-0.3, -0.25) is 4.84 Å². The van der Waals surface area contributed by atoms with Crippen LogP contribution in [0.4, 0.5) is 9.59 Å². The van der Waals surface area contributed by atoms with E-state index in [1.165, 1.54) is 14.0 Å². The average molecular weight is 611 g/mol. The van der Waals surface area contributed by atoms with Gasteiger partial charge in [0.2, 0.25) is 12.6 Å². The summed E-state index contributed by atoms with van der Waals surface area (Å²) in [5.74, 6) is -2.09. The van der Waals surface area contributed by atoms with Crippen LogP contribution in [0.3, 0.4) is 0 Å². The zero-order valence-corrected chi connectivity index (χ0v) is 26.6. The molecule has 1 fully saturated rings. The molecule has 238 valence electrons. The number of hydrogen-bond donors (Lipinski definition) is 1. The average Bonchev–Trinajstić information content (AvgIpc) is 2.89. The van der Waals surface area contributed by atoms with Gasteiger partial charge in [-0.1, -0.05) is 52.6 Å². The third kappa shape index (κ3) is 12.6. The quantitative estimate of drug-likeness (QED) is 0.0478. The molecule has 0 aromatic carbocycles. The highest BCUT2D eigenvalue weighted by Gasteiger charge is 2.46. The zero-order chi connectivity index (χ0) is 31.2. The normalized spacial score (nSPS) is 19.0. The van der Waals surface area contributed by atoms with Crippen LogP contribution in [0.5, 0.6) is 0 Å². The number of ether oxygens (including phenoxy) is 4. The number of rotatable bonds is 14. The molecule has 0 bridgehead atoms. The van der Waals surface area contributed by atoms with E-state index < -0.39 is 55.1 Å². The summed E-state index contributed by atoms with van der Waals surface area (Å²) in [7, 11) is -3.22. The summed E-state index contributed by atoms with van der Waals surface area (Å²) >= 11 is 0. The van der Waals surface area contributed by atoms with Crippen molar-refractivity contribution < 1.29 is 56.4 Å². The number of nitrogens with zero attached hydrogens (tertiary/aromatic N) is 2. The van der Waals surface area contributed by atoms with Crippen LogP contribution in [0.15, 0.2) is 4.76 Å². The predicted molar refractivity (Wildman–Crippen MR) is 149 cm³/mol. The fraction of sp³-hybridized carbons (Fsp3) is 0.846. The van der Waals surface area contributed by atoms with Crippen molar-refractivity contribution in [1.82, 2.24) is 0 Å². The Labute approximate surface area is 243 Å². The Hall–Kier alpha value is -2.41. The van der Waals surface area contributed by atoms with Crippen molar-refractivity contribution in [2.75, 3.05) is 20.3 Å². The van der Waals surface area contributed by atoms with E-state index in [9.17, 15) is 18.9 Å². The highest BCUT2D eigenvalue weighted by Crippen LogP contribution is 2.54. The second kappa shape index (κ2) is 17.5. The molecule has 0 spiro atoms. The Morgan fingerprint density at radius 1 is 0.878 bits per heavy atom. The van der Waals surface area contributed by atoms with E-state index in [-0.39, 0.29) is 25.2 Å². The van der Waals surface area contributed by atoms with Crippen molar-refractivity contribution in [2.45, 2.75) is 112 Å². The van der Waals surface area contributed by atoms with E-state index in [0.717, 1.165) is 19.3 Å². The summed E-state index contributed by atoms with van der Waals surface area (Å²) in [6.45, 7) is 11.6. The Bertz CT molecular complexity index is 884. The summed E-state index contributed by atoms with van der Waals surface area (Å²) < 4.78 is 49.8. The standard InChI is InChI=1S/C26H49N3O11P/c1-9-16-34-25(31)36-22(18(3)4)39-41(33,40-23(19(5)6)37-26(32)35-17-10-2)28-24(27)29(8,38-20(7)30)21-14-12-11-13-15-21/h18-19,21-23H,9-17H2,1-8H3,(H2,27,28,33)/q+1. The monoisotopic (exact) mass is 610 g/mol. The minimum Gasteiger partial charge on any atom is -0.434 e. The van der Waals surface area contributed by atoms with E-state index in [4.69, 9.17) is 38.6 Å². The van der Waals surface area contributed by atoms with E-state index in [0.29, 0.717) is 25.7 Å². The highest BCUT2D eigenvalue weighted by molar-refractivity contribution is 7.52. The van der Waals surface area contributed by atoms with Gasteiger partial charge in [0.1, 0.15) is 13.1 Å². The molecule has 3 atom stereocenters. The van der Waals surface area contributed by atoms with Gasteiger partial charge in [-0.25, -0.2) is 28.0 Å². The van der Waals surface area contributed by atoms with Crippen molar-refractivity contribution in [3.63, 3.8) is 0 Å². The molecule has 2 N–H and O–H groups in total. The lowest BCUT2D eigenvalue weighted by Gasteiger charge is -2.37. The molecule has 0 aliphatic heterocycles. The van der Waals surface area contributed by atoms with Gasteiger partial charge in [-0.2, -0.15) is 0 Å². The first-order valence-electron chi connectivity index (χ1n) is 14.2. The van der Waals surface area contributed by atoms with E-state index >= 15 is 0 Å². The molecule has 41 heavy (non-hydrogen) atoms. The maximum Gasteiger partial charge on any atom is 0.510 e. The van der Waals surface area contributed by atoms with Gasteiger partial charge < -0.3 is 24.7 Å². The molecule has 0 amide bonds. The zero-order valence-electron chi connectivity index (χ0n) is 25.7. The van der Waals surface area contributed by atoms with Crippen molar-refractivity contribution in [2.24, 2.45) is 22.3 Å². The molecule has 15 heteroatoms. The number of quaternary nitrogens is 1. The molecule has 1 saturated carbocycles. The van der Waals surface area contributed by atoms with Crippen LogP contribution in [0.25, 0.3) is 0 Å². The fourth-order valence-corrected chi connectivity index (χ4v) is 5.56. The molecule has 1 rings (SSSR count). The number of nitrogens with two attached hydrogens (primary N) is 1. The second-order valence-corrected chi connectivity index (χ2v) is 12.2. The van der Waals surface area contributed by atoms with Crippen LogP contribution in [-0.2, 0) is 42.2 Å². The van der Waals surface area contributed by atoms with Crippen LogP contribution in [-0.4, -0.2) is 67.8 Å². The predicted octanol–water partition coefficient (Wildman–Crippen LogP) is 5.79. The van der Waals surface area contributed by atoms with Gasteiger partial charge in [-0.05, 0) is 25.7 Å². The minimum absolute atomic E-state index is 0.103. The second-order valence-electron chi connectivity index (χ2n) is 10.7. The maximum absolute atomic E-state index is 14.3. The molecule has 0 aromatic heterocycles. The van der Waals surface area contributed by atoms with Crippen LogP contribution >= 0.6 is 7.75 Å². The van der Waals surface area contributed by atoms with E-state index in [2.05, 4.69) is 4.76 Å². The topological polar surface area (TPSA) is 171 Å². The molecular weight excluding hydrogens is 561 g/mol. The van der Waals surface area contributed by atoms with Gasteiger partial charge in [-0.15, -0.1) is 4.76 Å². The summed E-state index contributed by atoms with van der Waals surface area (Å²) in [5.41, 5.74) is 6.40. The van der Waals surface area contributed by atoms with Gasteiger partial charge >= 0.3 is 32.0 Å². The minimum atomic E-state index is -4.76. The summed E-state index contributed by atoms with van der Waals surface area (Å²) in [5, 5.41) is 0. The lowest BCUT2D eigenvalue weighted by atomic mass is 9.94. The molecule has 0 heterocycles. The lowest BCUT2D eigenvalue weighted by molar-refractivity contribution is -1.02. The van der Waals surface area contributed by atoms with E-state index in [1.807, 2.05) is 13.8 Å². The number of carbonyl (C=O) groups is 3. The summed E-state index contributed by atoms with van der Waals surface area (Å²) in [6, 6.07) is -0.271. The van der Waals surface area contributed by atoms with Crippen LogP contribution < -0.4 is 5.73 Å². The SMILES string of the molecule is CCCOC(=O)OC(OP(=O)(N=C(N)[N+](C)(OC(C)=O)C1CCCCC1)OC(OC(=O)OCCC)C(C)C)C(C)C. The molecular formula is C26H49N3O11P+. The third-order valence-electron chi connectivity index (χ3n) is 6.11. The Morgan fingerprint density at radius 2 is 1.32 bits per heavy atom. The van der Waals surface area contributed by atoms with Gasteiger partial charge in [0.05, 0.1) is 13.2 Å². The van der Waals surface area contributed by atoms with Crippen LogP contribution in [0, 0.1) is 11.8 Å². The fourth-order valence-electron chi connectivity index (χ4n) is 3.89. The van der Waals surface area contributed by atoms with Crippen molar-refractivity contribution >= 4 is 32.0 Å². The van der Waals surface area contributed by atoms with Crippen molar-refractivity contribution in [3.05, 3.63) is 0 Å². The first-order valence-corrected chi connectivity index (χ1v) is 15.7. The van der Waals surface area contributed by atoms with E-state index in [1.54, 1.807) is 27.7 Å². The molecule has 0 saturated heterocycles. The molecule has 3 unspecified atom stereocenters. The number of hydroxylamine groups is 3. The number of carbonyl (C=O) groups excluding carboxylic acids is 3.